The standard InChI is InChI=1S/C18H16F2N2O3.C11H18N2O2/c1-11(23)21-9-15-10-22(18(24)25-15)14-5-6-16(17(20)8-14)12-3-2-4-13(19)7-12;1-8-6-13(7-9(8)5-12)10(14)15-11(2,3)4/h2-8,15H,9-10H2,1H3,(H,21,23);8-9H,6-7H2,1-4H3/t;8-,9?/m.1/s1. The maximum Gasteiger partial charge on any atom is 0.414 e. The average molecular weight is 557 g/mol. The minimum atomic E-state index is -0.603. The number of carbonyl (C=O) groups excluding carboxylic acids is 3. The van der Waals surface area contributed by atoms with Crippen molar-refractivity contribution in [3.63, 3.8) is 0 Å². The van der Waals surface area contributed by atoms with Gasteiger partial charge in [0.2, 0.25) is 5.91 Å². The van der Waals surface area contributed by atoms with Gasteiger partial charge in [-0.05, 0) is 62.6 Å². The molecule has 2 heterocycles. The van der Waals surface area contributed by atoms with Crippen LogP contribution >= 0.6 is 0 Å². The Morgan fingerprint density at radius 3 is 2.45 bits per heavy atom. The van der Waals surface area contributed by atoms with E-state index in [2.05, 4.69) is 11.4 Å². The zero-order chi connectivity index (χ0) is 29.6. The molecule has 0 spiro atoms. The predicted octanol–water partition coefficient (Wildman–Crippen LogP) is 5.11. The lowest BCUT2D eigenvalue weighted by Gasteiger charge is -2.24. The zero-order valence-corrected chi connectivity index (χ0v) is 23.2. The van der Waals surface area contributed by atoms with Gasteiger partial charge in [0.1, 0.15) is 23.3 Å². The number of carbonyl (C=O) groups is 3. The summed E-state index contributed by atoms with van der Waals surface area (Å²) < 4.78 is 38.1. The Morgan fingerprint density at radius 1 is 1.15 bits per heavy atom. The van der Waals surface area contributed by atoms with Crippen molar-refractivity contribution in [1.82, 2.24) is 10.2 Å². The number of anilines is 1. The van der Waals surface area contributed by atoms with Crippen LogP contribution in [0.25, 0.3) is 11.1 Å². The number of hydrogen-bond acceptors (Lipinski definition) is 6. The molecule has 1 N–H and O–H groups in total. The summed E-state index contributed by atoms with van der Waals surface area (Å²) in [5.74, 6) is -1.06. The van der Waals surface area contributed by atoms with Crippen LogP contribution in [0.2, 0.25) is 0 Å². The van der Waals surface area contributed by atoms with Gasteiger partial charge in [-0.1, -0.05) is 19.1 Å². The fraction of sp³-hybridized carbons (Fsp3) is 0.448. The SMILES string of the molecule is CC(=O)NCC1CN(c2ccc(-c3cccc(F)c3)c(F)c2)C(=O)O1.C[C@@H]1CN(C(=O)OC(C)(C)C)CC1C#N. The van der Waals surface area contributed by atoms with E-state index >= 15 is 0 Å². The van der Waals surface area contributed by atoms with Crippen molar-refractivity contribution in [2.24, 2.45) is 11.8 Å². The molecule has 0 radical (unpaired) electrons. The average Bonchev–Trinajstić information content (AvgIpc) is 3.44. The van der Waals surface area contributed by atoms with Crippen LogP contribution < -0.4 is 10.2 Å². The molecule has 214 valence electrons. The Labute approximate surface area is 232 Å². The number of amides is 3. The molecule has 2 saturated heterocycles. The molecule has 3 amide bonds. The fourth-order valence-corrected chi connectivity index (χ4v) is 4.27. The van der Waals surface area contributed by atoms with E-state index in [9.17, 15) is 23.2 Å². The topological polar surface area (TPSA) is 112 Å². The van der Waals surface area contributed by atoms with E-state index in [0.717, 1.165) is 0 Å². The van der Waals surface area contributed by atoms with Crippen molar-refractivity contribution in [1.29, 1.82) is 5.26 Å². The van der Waals surface area contributed by atoms with Crippen LogP contribution in [0.1, 0.15) is 34.6 Å². The Hall–Kier alpha value is -4.20. The molecule has 2 unspecified atom stereocenters. The predicted molar refractivity (Wildman–Crippen MR) is 144 cm³/mol. The summed E-state index contributed by atoms with van der Waals surface area (Å²) in [5.41, 5.74) is 0.528. The first kappa shape index (κ1) is 30.3. The third kappa shape index (κ3) is 8.15. The molecule has 0 bridgehead atoms. The zero-order valence-electron chi connectivity index (χ0n) is 23.2. The van der Waals surface area contributed by atoms with Crippen LogP contribution in [-0.2, 0) is 14.3 Å². The van der Waals surface area contributed by atoms with Crippen molar-refractivity contribution < 1.29 is 32.6 Å². The number of cyclic esters (lactones) is 1. The minimum absolute atomic E-state index is 0.0579. The molecule has 0 aliphatic carbocycles. The van der Waals surface area contributed by atoms with Gasteiger partial charge < -0.3 is 19.7 Å². The molecule has 4 rings (SSSR count). The van der Waals surface area contributed by atoms with E-state index in [0.29, 0.717) is 24.3 Å². The highest BCUT2D eigenvalue weighted by molar-refractivity contribution is 5.90. The van der Waals surface area contributed by atoms with Gasteiger partial charge in [-0.2, -0.15) is 5.26 Å². The lowest BCUT2D eigenvalue weighted by Crippen LogP contribution is -2.35. The number of nitriles is 1. The molecular formula is C29H34F2N4O5. The molecule has 9 nitrogen and oxygen atoms in total. The second kappa shape index (κ2) is 12.8. The quantitative estimate of drug-likeness (QED) is 0.561. The first-order chi connectivity index (χ1) is 18.8. The van der Waals surface area contributed by atoms with Gasteiger partial charge in [0.05, 0.1) is 30.8 Å². The monoisotopic (exact) mass is 556 g/mol. The lowest BCUT2D eigenvalue weighted by atomic mass is 10.0. The minimum Gasteiger partial charge on any atom is -0.444 e. The number of likely N-dealkylation sites (tertiary alicyclic amines) is 1. The summed E-state index contributed by atoms with van der Waals surface area (Å²) in [4.78, 5) is 37.5. The van der Waals surface area contributed by atoms with E-state index in [1.54, 1.807) is 17.0 Å². The number of rotatable bonds is 4. The molecule has 2 aliphatic heterocycles. The van der Waals surface area contributed by atoms with Gasteiger partial charge >= 0.3 is 12.2 Å². The smallest absolute Gasteiger partial charge is 0.414 e. The number of benzene rings is 2. The molecule has 2 aromatic carbocycles. The summed E-state index contributed by atoms with van der Waals surface area (Å²) in [7, 11) is 0. The van der Waals surface area contributed by atoms with E-state index < -0.39 is 29.4 Å². The molecule has 2 fully saturated rings. The summed E-state index contributed by atoms with van der Waals surface area (Å²) in [6.07, 6.45) is -1.41. The number of nitrogens with one attached hydrogen (secondary N) is 1. The highest BCUT2D eigenvalue weighted by Crippen LogP contribution is 2.29. The maximum atomic E-state index is 14.4. The van der Waals surface area contributed by atoms with Gasteiger partial charge in [0.25, 0.3) is 0 Å². The third-order valence-corrected chi connectivity index (χ3v) is 6.28. The van der Waals surface area contributed by atoms with Crippen molar-refractivity contribution in [3.8, 4) is 17.2 Å². The normalized spacial score (nSPS) is 20.2. The molecule has 0 aromatic heterocycles. The van der Waals surface area contributed by atoms with Gasteiger partial charge in [-0.3, -0.25) is 9.69 Å². The lowest BCUT2D eigenvalue weighted by molar-refractivity contribution is -0.119. The number of nitrogens with zero attached hydrogens (tertiary/aromatic N) is 3. The Bertz CT molecular complexity index is 1290. The second-order valence-corrected chi connectivity index (χ2v) is 10.8. The van der Waals surface area contributed by atoms with Crippen molar-refractivity contribution in [2.45, 2.75) is 46.3 Å². The molecule has 0 saturated carbocycles. The first-order valence-corrected chi connectivity index (χ1v) is 12.9. The van der Waals surface area contributed by atoms with E-state index in [4.69, 9.17) is 14.7 Å². The van der Waals surface area contributed by atoms with Crippen molar-refractivity contribution in [3.05, 3.63) is 54.1 Å². The summed E-state index contributed by atoms with van der Waals surface area (Å²) in [6, 6.07) is 12.1. The molecule has 40 heavy (non-hydrogen) atoms. The highest BCUT2D eigenvalue weighted by atomic mass is 19.1. The van der Waals surface area contributed by atoms with Crippen molar-refractivity contribution in [2.75, 3.05) is 31.1 Å². The van der Waals surface area contributed by atoms with E-state index in [1.807, 2.05) is 27.7 Å². The van der Waals surface area contributed by atoms with Crippen LogP contribution in [0, 0.1) is 34.8 Å². The van der Waals surface area contributed by atoms with Gasteiger partial charge in [-0.15, -0.1) is 0 Å². The third-order valence-electron chi connectivity index (χ3n) is 6.28. The number of ether oxygens (including phenoxy) is 2. The highest BCUT2D eigenvalue weighted by Gasteiger charge is 2.35. The Balaban J connectivity index is 0.000000252. The van der Waals surface area contributed by atoms with Crippen LogP contribution in [-0.4, -0.2) is 60.9 Å². The van der Waals surface area contributed by atoms with Gasteiger partial charge in [-0.25, -0.2) is 18.4 Å². The second-order valence-electron chi connectivity index (χ2n) is 10.8. The summed E-state index contributed by atoms with van der Waals surface area (Å²) in [6.45, 7) is 10.4. The molecule has 2 aliphatic rings. The van der Waals surface area contributed by atoms with E-state index in [-0.39, 0.29) is 42.5 Å². The van der Waals surface area contributed by atoms with Crippen LogP contribution in [0.3, 0.4) is 0 Å². The Morgan fingerprint density at radius 2 is 1.88 bits per heavy atom. The molecule has 3 atom stereocenters. The molecular weight excluding hydrogens is 522 g/mol. The number of halogens is 2. The maximum absolute atomic E-state index is 14.4. The first-order valence-electron chi connectivity index (χ1n) is 12.9. The van der Waals surface area contributed by atoms with Crippen LogP contribution in [0.4, 0.5) is 24.1 Å². The Kier molecular flexibility index (Phi) is 9.69. The van der Waals surface area contributed by atoms with Crippen LogP contribution in [0.5, 0.6) is 0 Å². The largest absolute Gasteiger partial charge is 0.444 e. The van der Waals surface area contributed by atoms with Crippen LogP contribution in [0.15, 0.2) is 42.5 Å². The van der Waals surface area contributed by atoms with Gasteiger partial charge in [0, 0.05) is 25.6 Å². The number of hydrogen-bond donors (Lipinski definition) is 1. The summed E-state index contributed by atoms with van der Waals surface area (Å²) >= 11 is 0. The van der Waals surface area contributed by atoms with Crippen molar-refractivity contribution >= 4 is 23.8 Å². The molecule has 11 heteroatoms. The fourth-order valence-electron chi connectivity index (χ4n) is 4.27. The summed E-state index contributed by atoms with van der Waals surface area (Å²) in [5, 5.41) is 11.4. The van der Waals surface area contributed by atoms with Gasteiger partial charge in [0.15, 0.2) is 0 Å². The van der Waals surface area contributed by atoms with E-state index in [1.165, 1.54) is 42.2 Å². The molecule has 2 aromatic rings.